The van der Waals surface area contributed by atoms with E-state index in [-0.39, 0.29) is 32.1 Å². The highest BCUT2D eigenvalue weighted by molar-refractivity contribution is 7.88. The first kappa shape index (κ1) is 17.5. The molecule has 1 aromatic rings. The number of amides is 1. The molecular formula is C13H19FN2O4S. The van der Waals surface area contributed by atoms with Crippen molar-refractivity contribution >= 4 is 15.9 Å². The molecule has 1 rings (SSSR count). The molecule has 0 aliphatic rings. The van der Waals surface area contributed by atoms with E-state index < -0.39 is 15.9 Å². The SMILES string of the molecule is COCCN(CC(=O)NCc1ccc(F)cc1)S(C)(=O)=O. The van der Waals surface area contributed by atoms with Gasteiger partial charge in [-0.3, -0.25) is 4.79 Å². The van der Waals surface area contributed by atoms with Crippen LogP contribution in [0.2, 0.25) is 0 Å². The van der Waals surface area contributed by atoms with Gasteiger partial charge in [-0.1, -0.05) is 12.1 Å². The molecule has 1 amide bonds. The van der Waals surface area contributed by atoms with Crippen LogP contribution in [0.3, 0.4) is 0 Å². The lowest BCUT2D eigenvalue weighted by Crippen LogP contribution is -2.41. The molecule has 0 spiro atoms. The van der Waals surface area contributed by atoms with Gasteiger partial charge in [-0.25, -0.2) is 12.8 Å². The molecule has 0 saturated carbocycles. The Morgan fingerprint density at radius 1 is 1.33 bits per heavy atom. The average Bonchev–Trinajstić information content (AvgIpc) is 2.41. The molecular weight excluding hydrogens is 299 g/mol. The van der Waals surface area contributed by atoms with Crippen LogP contribution in [-0.4, -0.2) is 51.7 Å². The molecule has 21 heavy (non-hydrogen) atoms. The molecule has 0 fully saturated rings. The first-order valence-electron chi connectivity index (χ1n) is 6.28. The summed E-state index contributed by atoms with van der Waals surface area (Å²) in [5.41, 5.74) is 0.729. The van der Waals surface area contributed by atoms with Crippen molar-refractivity contribution in [3.63, 3.8) is 0 Å². The molecule has 6 nitrogen and oxygen atoms in total. The maximum absolute atomic E-state index is 12.7. The van der Waals surface area contributed by atoms with E-state index in [1.807, 2.05) is 0 Å². The number of sulfonamides is 1. The van der Waals surface area contributed by atoms with Crippen LogP contribution in [0, 0.1) is 5.82 Å². The molecule has 0 saturated heterocycles. The fourth-order valence-electron chi connectivity index (χ4n) is 1.57. The average molecular weight is 318 g/mol. The summed E-state index contributed by atoms with van der Waals surface area (Å²) >= 11 is 0. The molecule has 118 valence electrons. The highest BCUT2D eigenvalue weighted by Gasteiger charge is 2.19. The van der Waals surface area contributed by atoms with Gasteiger partial charge in [0, 0.05) is 20.2 Å². The van der Waals surface area contributed by atoms with Crippen molar-refractivity contribution in [1.82, 2.24) is 9.62 Å². The van der Waals surface area contributed by atoms with Crippen LogP contribution in [0.4, 0.5) is 4.39 Å². The molecule has 0 unspecified atom stereocenters. The van der Waals surface area contributed by atoms with Gasteiger partial charge in [-0.15, -0.1) is 0 Å². The number of carbonyl (C=O) groups excluding carboxylic acids is 1. The minimum atomic E-state index is -3.48. The fourth-order valence-corrected chi connectivity index (χ4v) is 2.33. The Hall–Kier alpha value is -1.51. The van der Waals surface area contributed by atoms with Gasteiger partial charge in [0.15, 0.2) is 0 Å². The summed E-state index contributed by atoms with van der Waals surface area (Å²) in [7, 11) is -2.02. The number of ether oxygens (including phenoxy) is 1. The lowest BCUT2D eigenvalue weighted by Gasteiger charge is -2.18. The Labute approximate surface area is 123 Å². The van der Waals surface area contributed by atoms with E-state index in [0.717, 1.165) is 16.1 Å². The van der Waals surface area contributed by atoms with E-state index in [4.69, 9.17) is 4.74 Å². The van der Waals surface area contributed by atoms with Gasteiger partial charge in [0.05, 0.1) is 19.4 Å². The second-order valence-corrected chi connectivity index (χ2v) is 6.47. The molecule has 0 bridgehead atoms. The van der Waals surface area contributed by atoms with E-state index in [2.05, 4.69) is 5.32 Å². The van der Waals surface area contributed by atoms with Crippen LogP contribution >= 0.6 is 0 Å². The number of nitrogens with zero attached hydrogens (tertiary/aromatic N) is 1. The number of carbonyl (C=O) groups is 1. The molecule has 0 radical (unpaired) electrons. The van der Waals surface area contributed by atoms with Crippen molar-refractivity contribution in [3.05, 3.63) is 35.6 Å². The maximum Gasteiger partial charge on any atom is 0.235 e. The summed E-state index contributed by atoms with van der Waals surface area (Å²) in [5.74, 6) is -0.784. The zero-order valence-electron chi connectivity index (χ0n) is 12.0. The smallest absolute Gasteiger partial charge is 0.235 e. The Morgan fingerprint density at radius 2 is 1.95 bits per heavy atom. The molecule has 0 aromatic heterocycles. The van der Waals surface area contributed by atoms with Crippen LogP contribution in [0.15, 0.2) is 24.3 Å². The number of nitrogens with one attached hydrogen (secondary N) is 1. The number of benzene rings is 1. The summed E-state index contributed by atoms with van der Waals surface area (Å²) < 4.78 is 41.7. The third-order valence-corrected chi connectivity index (χ3v) is 3.99. The molecule has 1 aromatic carbocycles. The van der Waals surface area contributed by atoms with E-state index in [1.54, 1.807) is 12.1 Å². The Kier molecular flexibility index (Phi) is 6.73. The molecule has 0 heterocycles. The van der Waals surface area contributed by atoms with Crippen LogP contribution in [-0.2, 0) is 26.1 Å². The van der Waals surface area contributed by atoms with Crippen molar-refractivity contribution in [2.24, 2.45) is 0 Å². The Bertz CT molecular complexity index is 560. The van der Waals surface area contributed by atoms with Gasteiger partial charge in [-0.2, -0.15) is 4.31 Å². The number of hydrogen-bond donors (Lipinski definition) is 1. The first-order chi connectivity index (χ1) is 9.82. The van der Waals surface area contributed by atoms with Crippen molar-refractivity contribution in [1.29, 1.82) is 0 Å². The van der Waals surface area contributed by atoms with Gasteiger partial charge in [0.1, 0.15) is 5.82 Å². The highest BCUT2D eigenvalue weighted by Crippen LogP contribution is 2.02. The van der Waals surface area contributed by atoms with Crippen LogP contribution in [0.5, 0.6) is 0 Å². The van der Waals surface area contributed by atoms with Crippen molar-refractivity contribution in [2.45, 2.75) is 6.54 Å². The van der Waals surface area contributed by atoms with Gasteiger partial charge in [0.25, 0.3) is 0 Å². The van der Waals surface area contributed by atoms with Gasteiger partial charge < -0.3 is 10.1 Å². The van der Waals surface area contributed by atoms with Gasteiger partial charge in [-0.05, 0) is 17.7 Å². The van der Waals surface area contributed by atoms with Crippen molar-refractivity contribution in [3.8, 4) is 0 Å². The summed E-state index contributed by atoms with van der Waals surface area (Å²) in [4.78, 5) is 11.8. The van der Waals surface area contributed by atoms with E-state index in [0.29, 0.717) is 0 Å². The Balaban J connectivity index is 2.52. The summed E-state index contributed by atoms with van der Waals surface area (Å²) in [6.07, 6.45) is 1.04. The number of methoxy groups -OCH3 is 1. The molecule has 0 atom stereocenters. The number of hydrogen-bond acceptors (Lipinski definition) is 4. The molecule has 0 aliphatic heterocycles. The predicted molar refractivity (Wildman–Crippen MR) is 76.5 cm³/mol. The van der Waals surface area contributed by atoms with E-state index in [1.165, 1.54) is 19.2 Å². The maximum atomic E-state index is 12.7. The zero-order valence-corrected chi connectivity index (χ0v) is 12.8. The second-order valence-electron chi connectivity index (χ2n) is 4.49. The lowest BCUT2D eigenvalue weighted by atomic mass is 10.2. The third-order valence-electron chi connectivity index (χ3n) is 2.74. The Morgan fingerprint density at radius 3 is 2.48 bits per heavy atom. The third kappa shape index (κ3) is 6.65. The lowest BCUT2D eigenvalue weighted by molar-refractivity contribution is -0.121. The minimum absolute atomic E-state index is 0.110. The minimum Gasteiger partial charge on any atom is -0.383 e. The zero-order chi connectivity index (χ0) is 15.9. The van der Waals surface area contributed by atoms with Crippen LogP contribution in [0.25, 0.3) is 0 Å². The summed E-state index contributed by atoms with van der Waals surface area (Å²) in [5, 5.41) is 2.59. The van der Waals surface area contributed by atoms with E-state index >= 15 is 0 Å². The first-order valence-corrected chi connectivity index (χ1v) is 8.13. The fraction of sp³-hybridized carbons (Fsp3) is 0.462. The number of halogens is 1. The number of rotatable bonds is 8. The summed E-state index contributed by atoms with van der Waals surface area (Å²) in [6, 6.07) is 5.69. The molecule has 8 heteroatoms. The van der Waals surface area contributed by atoms with Gasteiger partial charge >= 0.3 is 0 Å². The normalized spacial score (nSPS) is 11.6. The van der Waals surface area contributed by atoms with Crippen molar-refractivity contribution < 1.29 is 22.3 Å². The predicted octanol–water partition coefficient (Wildman–Crippen LogP) is 0.350. The van der Waals surface area contributed by atoms with Crippen molar-refractivity contribution in [2.75, 3.05) is 33.1 Å². The molecule has 1 N–H and O–H groups in total. The topological polar surface area (TPSA) is 75.7 Å². The van der Waals surface area contributed by atoms with Crippen LogP contribution < -0.4 is 5.32 Å². The molecule has 0 aliphatic carbocycles. The van der Waals surface area contributed by atoms with E-state index in [9.17, 15) is 17.6 Å². The van der Waals surface area contributed by atoms with Crippen LogP contribution in [0.1, 0.15) is 5.56 Å². The monoisotopic (exact) mass is 318 g/mol. The standard InChI is InChI=1S/C13H19FN2O4S/c1-20-8-7-16(21(2,18)19)10-13(17)15-9-11-3-5-12(14)6-4-11/h3-6H,7-10H2,1-2H3,(H,15,17). The second kappa shape index (κ2) is 8.06. The van der Waals surface area contributed by atoms with Gasteiger partial charge in [0.2, 0.25) is 15.9 Å². The highest BCUT2D eigenvalue weighted by atomic mass is 32.2. The quantitative estimate of drug-likeness (QED) is 0.750. The largest absolute Gasteiger partial charge is 0.383 e. The summed E-state index contributed by atoms with van der Waals surface area (Å²) in [6.45, 7) is 0.252.